The maximum absolute atomic E-state index is 5.52. The molecule has 2 rings (SSSR count). The van der Waals surface area contributed by atoms with Crippen molar-refractivity contribution in [3.05, 3.63) is 30.4 Å². The molecule has 5 heteroatoms. The number of ether oxygens (including phenoxy) is 1. The molecule has 0 aromatic carbocycles. The van der Waals surface area contributed by atoms with Gasteiger partial charge in [0.2, 0.25) is 0 Å². The van der Waals surface area contributed by atoms with Gasteiger partial charge in [0.1, 0.15) is 0 Å². The molecule has 0 fully saturated rings. The number of hydrogen-bond acceptors (Lipinski definition) is 3. The minimum absolute atomic E-state index is 0.650. The fraction of sp³-hybridized carbons (Fsp3) is 0.400. The molecule has 2 aromatic heterocycles. The van der Waals surface area contributed by atoms with Crippen molar-refractivity contribution in [1.82, 2.24) is 19.6 Å². The molecule has 0 aliphatic rings. The van der Waals surface area contributed by atoms with Gasteiger partial charge in [-0.1, -0.05) is 0 Å². The van der Waals surface area contributed by atoms with Crippen molar-refractivity contribution >= 4 is 0 Å². The molecular formula is C10H14N4O. The lowest BCUT2D eigenvalue weighted by Crippen LogP contribution is -1.99. The van der Waals surface area contributed by atoms with E-state index in [1.54, 1.807) is 15.6 Å². The van der Waals surface area contributed by atoms with Crippen LogP contribution in [0.15, 0.2) is 24.8 Å². The minimum atomic E-state index is 0.650. The Bertz CT molecular complexity index is 392. The van der Waals surface area contributed by atoms with E-state index in [2.05, 4.69) is 10.2 Å². The van der Waals surface area contributed by atoms with Gasteiger partial charge in [-0.05, 0) is 5.56 Å². The highest BCUT2D eigenvalue weighted by atomic mass is 16.5. The fourth-order valence-electron chi connectivity index (χ4n) is 1.36. The summed E-state index contributed by atoms with van der Waals surface area (Å²) in [5, 5.41) is 8.11. The molecule has 0 aliphatic heterocycles. The maximum atomic E-state index is 5.52. The first kappa shape index (κ1) is 9.76. The van der Waals surface area contributed by atoms with Crippen molar-refractivity contribution in [2.75, 3.05) is 6.61 Å². The zero-order chi connectivity index (χ0) is 10.7. The molecule has 0 saturated carbocycles. The Morgan fingerprint density at radius 1 is 1.13 bits per heavy atom. The van der Waals surface area contributed by atoms with E-state index in [9.17, 15) is 0 Å². The van der Waals surface area contributed by atoms with Gasteiger partial charge < -0.3 is 4.74 Å². The normalized spacial score (nSPS) is 10.5. The van der Waals surface area contributed by atoms with Crippen LogP contribution in [0.5, 0.6) is 5.75 Å². The second kappa shape index (κ2) is 4.16. The van der Waals surface area contributed by atoms with Gasteiger partial charge in [-0.2, -0.15) is 10.2 Å². The Balaban J connectivity index is 1.80. The summed E-state index contributed by atoms with van der Waals surface area (Å²) < 4.78 is 9.03. The van der Waals surface area contributed by atoms with Crippen LogP contribution in [0.4, 0.5) is 0 Å². The van der Waals surface area contributed by atoms with E-state index in [1.165, 1.54) is 5.56 Å². The summed E-state index contributed by atoms with van der Waals surface area (Å²) >= 11 is 0. The molecular weight excluding hydrogens is 192 g/mol. The summed E-state index contributed by atoms with van der Waals surface area (Å²) in [6.45, 7) is 0.650. The average molecular weight is 206 g/mol. The van der Waals surface area contributed by atoms with E-state index >= 15 is 0 Å². The molecule has 0 bridgehead atoms. The Hall–Kier alpha value is -1.78. The van der Waals surface area contributed by atoms with Gasteiger partial charge in [-0.3, -0.25) is 9.36 Å². The lowest BCUT2D eigenvalue weighted by atomic mass is 10.3. The van der Waals surface area contributed by atoms with Crippen molar-refractivity contribution < 1.29 is 4.74 Å². The highest BCUT2D eigenvalue weighted by molar-refractivity contribution is 5.12. The topological polar surface area (TPSA) is 44.9 Å². The number of aromatic nitrogens is 4. The molecule has 5 nitrogen and oxygen atoms in total. The van der Waals surface area contributed by atoms with Crippen LogP contribution in [0.2, 0.25) is 0 Å². The standard InChI is InChI=1S/C10H14N4O/c1-13-7-9(5-11-13)3-4-15-10-6-12-14(2)8-10/h5-8H,3-4H2,1-2H3. The summed E-state index contributed by atoms with van der Waals surface area (Å²) in [5.74, 6) is 0.807. The van der Waals surface area contributed by atoms with Crippen LogP contribution < -0.4 is 4.74 Å². The molecule has 0 spiro atoms. The summed E-state index contributed by atoms with van der Waals surface area (Å²) in [5.41, 5.74) is 1.18. The third kappa shape index (κ3) is 2.59. The van der Waals surface area contributed by atoms with Crippen molar-refractivity contribution in [1.29, 1.82) is 0 Å². The molecule has 15 heavy (non-hydrogen) atoms. The minimum Gasteiger partial charge on any atom is -0.490 e. The second-order valence-electron chi connectivity index (χ2n) is 3.47. The van der Waals surface area contributed by atoms with Crippen LogP contribution in [0.25, 0.3) is 0 Å². The molecule has 0 saturated heterocycles. The van der Waals surface area contributed by atoms with Gasteiger partial charge >= 0.3 is 0 Å². The van der Waals surface area contributed by atoms with Crippen LogP contribution >= 0.6 is 0 Å². The van der Waals surface area contributed by atoms with E-state index in [1.807, 2.05) is 32.7 Å². The van der Waals surface area contributed by atoms with E-state index in [0.29, 0.717) is 6.61 Å². The van der Waals surface area contributed by atoms with Crippen molar-refractivity contribution in [3.63, 3.8) is 0 Å². The number of hydrogen-bond donors (Lipinski definition) is 0. The van der Waals surface area contributed by atoms with Crippen LogP contribution in [0.1, 0.15) is 5.56 Å². The molecule has 0 aliphatic carbocycles. The Labute approximate surface area is 88.3 Å². The third-order valence-corrected chi connectivity index (χ3v) is 2.10. The Kier molecular flexibility index (Phi) is 2.71. The summed E-state index contributed by atoms with van der Waals surface area (Å²) in [7, 11) is 3.78. The molecule has 0 atom stereocenters. The average Bonchev–Trinajstić information content (AvgIpc) is 2.76. The highest BCUT2D eigenvalue weighted by Gasteiger charge is 1.99. The van der Waals surface area contributed by atoms with Gasteiger partial charge in [0.05, 0.1) is 25.2 Å². The van der Waals surface area contributed by atoms with Crippen LogP contribution in [-0.2, 0) is 20.5 Å². The lowest BCUT2D eigenvalue weighted by Gasteiger charge is -2.00. The molecule has 80 valence electrons. The summed E-state index contributed by atoms with van der Waals surface area (Å²) in [4.78, 5) is 0. The van der Waals surface area contributed by atoms with E-state index < -0.39 is 0 Å². The van der Waals surface area contributed by atoms with Gasteiger partial charge in [0.15, 0.2) is 5.75 Å². The zero-order valence-electron chi connectivity index (χ0n) is 8.92. The summed E-state index contributed by atoms with van der Waals surface area (Å²) in [6.07, 6.45) is 8.27. The van der Waals surface area contributed by atoms with Crippen LogP contribution in [0.3, 0.4) is 0 Å². The van der Waals surface area contributed by atoms with Crippen molar-refractivity contribution in [2.24, 2.45) is 14.1 Å². The van der Waals surface area contributed by atoms with Crippen LogP contribution in [0, 0.1) is 0 Å². The Morgan fingerprint density at radius 3 is 2.47 bits per heavy atom. The first-order chi connectivity index (χ1) is 7.24. The lowest BCUT2D eigenvalue weighted by molar-refractivity contribution is 0.321. The largest absolute Gasteiger partial charge is 0.490 e. The molecule has 0 amide bonds. The predicted octanol–water partition coefficient (Wildman–Crippen LogP) is 0.775. The number of aryl methyl sites for hydroxylation is 2. The van der Waals surface area contributed by atoms with Crippen molar-refractivity contribution in [3.8, 4) is 5.75 Å². The second-order valence-corrected chi connectivity index (χ2v) is 3.47. The smallest absolute Gasteiger partial charge is 0.157 e. The van der Waals surface area contributed by atoms with Crippen LogP contribution in [-0.4, -0.2) is 26.2 Å². The predicted molar refractivity (Wildman–Crippen MR) is 55.6 cm³/mol. The highest BCUT2D eigenvalue weighted by Crippen LogP contribution is 2.07. The quantitative estimate of drug-likeness (QED) is 0.742. The van der Waals surface area contributed by atoms with Gasteiger partial charge in [-0.15, -0.1) is 0 Å². The third-order valence-electron chi connectivity index (χ3n) is 2.10. The molecule has 0 radical (unpaired) electrons. The number of rotatable bonds is 4. The number of nitrogens with zero attached hydrogens (tertiary/aromatic N) is 4. The Morgan fingerprint density at radius 2 is 1.87 bits per heavy atom. The van der Waals surface area contributed by atoms with Gasteiger partial charge in [-0.25, -0.2) is 0 Å². The van der Waals surface area contributed by atoms with E-state index in [-0.39, 0.29) is 0 Å². The summed E-state index contributed by atoms with van der Waals surface area (Å²) in [6, 6.07) is 0. The monoisotopic (exact) mass is 206 g/mol. The maximum Gasteiger partial charge on any atom is 0.157 e. The van der Waals surface area contributed by atoms with E-state index in [0.717, 1.165) is 12.2 Å². The first-order valence-electron chi connectivity index (χ1n) is 4.83. The zero-order valence-corrected chi connectivity index (χ0v) is 8.92. The SMILES string of the molecule is Cn1cc(CCOc2cnn(C)c2)cn1. The van der Waals surface area contributed by atoms with Gasteiger partial charge in [0, 0.05) is 26.7 Å². The fourth-order valence-corrected chi connectivity index (χ4v) is 1.36. The van der Waals surface area contributed by atoms with E-state index in [4.69, 9.17) is 4.74 Å². The molecule has 2 heterocycles. The molecule has 2 aromatic rings. The van der Waals surface area contributed by atoms with Crippen molar-refractivity contribution in [2.45, 2.75) is 6.42 Å². The van der Waals surface area contributed by atoms with Gasteiger partial charge in [0.25, 0.3) is 0 Å². The molecule has 0 N–H and O–H groups in total. The molecule has 0 unspecified atom stereocenters. The first-order valence-corrected chi connectivity index (χ1v) is 4.83.